The third kappa shape index (κ3) is 3.52. The molecule has 0 aliphatic carbocycles. The molecule has 2 aromatic heterocycles. The Morgan fingerprint density at radius 2 is 2.20 bits per heavy atom. The maximum atomic E-state index is 11.7. The number of carbonyl (C=O) groups is 2. The van der Waals surface area contributed by atoms with E-state index in [2.05, 4.69) is 10.3 Å². The minimum absolute atomic E-state index is 0.110. The summed E-state index contributed by atoms with van der Waals surface area (Å²) < 4.78 is 0. The molecular weight excluding hydrogens is 276 g/mol. The monoisotopic (exact) mass is 288 g/mol. The summed E-state index contributed by atoms with van der Waals surface area (Å²) in [4.78, 5) is 27.2. The second kappa shape index (κ2) is 6.12. The molecule has 2 aromatic rings. The standard InChI is InChI=1S/C14H12N2O3S/c1-9-5-7-20-12(9)2-3-13(17)16-10-4-6-15-11(8-10)14(18)19/h2-8H,1H3,(H,18,19)(H,15,16,17). The van der Waals surface area contributed by atoms with Crippen LogP contribution in [0.3, 0.4) is 0 Å². The summed E-state index contributed by atoms with van der Waals surface area (Å²) >= 11 is 1.55. The average Bonchev–Trinajstić information content (AvgIpc) is 2.82. The number of rotatable bonds is 4. The zero-order valence-electron chi connectivity index (χ0n) is 10.7. The van der Waals surface area contributed by atoms with E-state index in [-0.39, 0.29) is 11.6 Å². The van der Waals surface area contributed by atoms with Crippen LogP contribution in [0, 0.1) is 6.92 Å². The van der Waals surface area contributed by atoms with Crippen LogP contribution in [-0.2, 0) is 4.79 Å². The number of amides is 1. The lowest BCUT2D eigenvalue weighted by molar-refractivity contribution is -0.111. The van der Waals surface area contributed by atoms with Crippen molar-refractivity contribution in [2.75, 3.05) is 5.32 Å². The highest BCUT2D eigenvalue weighted by Gasteiger charge is 2.06. The van der Waals surface area contributed by atoms with Gasteiger partial charge in [-0.05, 0) is 42.1 Å². The number of carbonyl (C=O) groups excluding carboxylic acids is 1. The third-order valence-electron chi connectivity index (χ3n) is 2.53. The molecule has 0 saturated heterocycles. The van der Waals surface area contributed by atoms with E-state index in [0.29, 0.717) is 5.69 Å². The van der Waals surface area contributed by atoms with E-state index >= 15 is 0 Å². The molecule has 2 N–H and O–H groups in total. The zero-order chi connectivity index (χ0) is 14.5. The quantitative estimate of drug-likeness (QED) is 0.848. The predicted octanol–water partition coefficient (Wildman–Crippen LogP) is 2.80. The largest absolute Gasteiger partial charge is 0.477 e. The molecule has 0 saturated carbocycles. The van der Waals surface area contributed by atoms with Gasteiger partial charge in [0.25, 0.3) is 0 Å². The molecule has 0 aromatic carbocycles. The van der Waals surface area contributed by atoms with Gasteiger partial charge in [0.15, 0.2) is 0 Å². The Kier molecular flexibility index (Phi) is 4.27. The number of aromatic nitrogens is 1. The third-order valence-corrected chi connectivity index (χ3v) is 3.52. The average molecular weight is 288 g/mol. The number of nitrogens with zero attached hydrogens (tertiary/aromatic N) is 1. The summed E-state index contributed by atoms with van der Waals surface area (Å²) in [6, 6.07) is 4.82. The Balaban J connectivity index is 2.05. The van der Waals surface area contributed by atoms with Crippen molar-refractivity contribution >= 4 is 35.0 Å². The van der Waals surface area contributed by atoms with Crippen molar-refractivity contribution in [2.45, 2.75) is 6.92 Å². The number of hydrogen-bond donors (Lipinski definition) is 2. The Morgan fingerprint density at radius 1 is 1.40 bits per heavy atom. The number of carboxylic acids is 1. The van der Waals surface area contributed by atoms with Gasteiger partial charge in [-0.25, -0.2) is 9.78 Å². The van der Waals surface area contributed by atoms with Gasteiger partial charge in [-0.2, -0.15) is 0 Å². The molecule has 102 valence electrons. The number of hydrogen-bond acceptors (Lipinski definition) is 4. The summed E-state index contributed by atoms with van der Waals surface area (Å²) in [5.41, 5.74) is 1.40. The van der Waals surface area contributed by atoms with Crippen LogP contribution < -0.4 is 5.32 Å². The molecule has 0 radical (unpaired) electrons. The highest BCUT2D eigenvalue weighted by molar-refractivity contribution is 7.11. The van der Waals surface area contributed by atoms with E-state index < -0.39 is 5.97 Å². The molecular formula is C14H12N2O3S. The van der Waals surface area contributed by atoms with Gasteiger partial charge in [0.1, 0.15) is 5.69 Å². The molecule has 2 heterocycles. The van der Waals surface area contributed by atoms with Crippen molar-refractivity contribution < 1.29 is 14.7 Å². The Morgan fingerprint density at radius 3 is 2.85 bits per heavy atom. The van der Waals surface area contributed by atoms with Crippen LogP contribution in [0.4, 0.5) is 5.69 Å². The van der Waals surface area contributed by atoms with Crippen LogP contribution in [0.25, 0.3) is 6.08 Å². The van der Waals surface area contributed by atoms with E-state index in [4.69, 9.17) is 5.11 Å². The molecule has 6 heteroatoms. The summed E-state index contributed by atoms with van der Waals surface area (Å²) in [6.45, 7) is 1.97. The van der Waals surface area contributed by atoms with Gasteiger partial charge in [-0.15, -0.1) is 11.3 Å². The topological polar surface area (TPSA) is 79.3 Å². The summed E-state index contributed by atoms with van der Waals surface area (Å²) in [5.74, 6) is -1.45. The van der Waals surface area contributed by atoms with Crippen molar-refractivity contribution in [1.29, 1.82) is 0 Å². The first kappa shape index (κ1) is 14.0. The Hall–Kier alpha value is -2.47. The highest BCUT2D eigenvalue weighted by atomic mass is 32.1. The number of pyridine rings is 1. The van der Waals surface area contributed by atoms with Crippen molar-refractivity contribution in [2.24, 2.45) is 0 Å². The van der Waals surface area contributed by atoms with Crippen molar-refractivity contribution in [3.8, 4) is 0 Å². The first-order valence-electron chi connectivity index (χ1n) is 5.79. The minimum atomic E-state index is -1.13. The first-order valence-corrected chi connectivity index (χ1v) is 6.67. The van der Waals surface area contributed by atoms with Crippen molar-refractivity contribution in [1.82, 2.24) is 4.98 Å². The summed E-state index contributed by atoms with van der Waals surface area (Å²) in [5, 5.41) is 13.4. The lowest BCUT2D eigenvalue weighted by Gasteiger charge is -2.02. The smallest absolute Gasteiger partial charge is 0.354 e. The molecule has 20 heavy (non-hydrogen) atoms. The fraction of sp³-hybridized carbons (Fsp3) is 0.0714. The lowest BCUT2D eigenvalue weighted by atomic mass is 10.2. The van der Waals surface area contributed by atoms with Crippen LogP contribution in [0.2, 0.25) is 0 Å². The predicted molar refractivity (Wildman–Crippen MR) is 77.9 cm³/mol. The van der Waals surface area contributed by atoms with Gasteiger partial charge < -0.3 is 10.4 Å². The van der Waals surface area contributed by atoms with E-state index in [1.54, 1.807) is 17.4 Å². The van der Waals surface area contributed by atoms with Crippen molar-refractivity contribution in [3.63, 3.8) is 0 Å². The number of anilines is 1. The Bertz CT molecular complexity index is 677. The van der Waals surface area contributed by atoms with Gasteiger partial charge in [0, 0.05) is 22.8 Å². The molecule has 0 fully saturated rings. The summed E-state index contributed by atoms with van der Waals surface area (Å²) in [7, 11) is 0. The lowest BCUT2D eigenvalue weighted by Crippen LogP contribution is -2.09. The molecule has 0 unspecified atom stereocenters. The molecule has 0 atom stereocenters. The van der Waals surface area contributed by atoms with Gasteiger partial charge in [-0.1, -0.05) is 0 Å². The van der Waals surface area contributed by atoms with E-state index in [9.17, 15) is 9.59 Å². The van der Waals surface area contributed by atoms with Gasteiger partial charge >= 0.3 is 5.97 Å². The molecule has 0 aliphatic heterocycles. The van der Waals surface area contributed by atoms with Gasteiger partial charge in [0.2, 0.25) is 5.91 Å². The maximum Gasteiger partial charge on any atom is 0.354 e. The number of aromatic carboxylic acids is 1. The number of nitrogens with one attached hydrogen (secondary N) is 1. The second-order valence-corrected chi connectivity index (χ2v) is 4.97. The molecule has 2 rings (SSSR count). The first-order chi connectivity index (χ1) is 9.56. The molecule has 1 amide bonds. The van der Waals surface area contributed by atoms with Crippen LogP contribution in [0.5, 0.6) is 0 Å². The van der Waals surface area contributed by atoms with E-state index in [1.807, 2.05) is 18.4 Å². The second-order valence-electron chi connectivity index (χ2n) is 4.03. The number of thiophene rings is 1. The summed E-state index contributed by atoms with van der Waals surface area (Å²) in [6.07, 6.45) is 4.49. The molecule has 0 aliphatic rings. The van der Waals surface area contributed by atoms with Gasteiger partial charge in [0.05, 0.1) is 0 Å². The maximum absolute atomic E-state index is 11.7. The number of carboxylic acid groups (broad SMARTS) is 1. The van der Waals surface area contributed by atoms with Crippen LogP contribution in [0.1, 0.15) is 20.9 Å². The van der Waals surface area contributed by atoms with Crippen LogP contribution in [0.15, 0.2) is 35.9 Å². The van der Waals surface area contributed by atoms with Crippen LogP contribution in [-0.4, -0.2) is 22.0 Å². The van der Waals surface area contributed by atoms with E-state index in [0.717, 1.165) is 10.4 Å². The molecule has 0 bridgehead atoms. The van der Waals surface area contributed by atoms with Crippen molar-refractivity contribution in [3.05, 3.63) is 52.0 Å². The van der Waals surface area contributed by atoms with E-state index in [1.165, 1.54) is 24.4 Å². The Labute approximate surface area is 119 Å². The van der Waals surface area contributed by atoms with Gasteiger partial charge in [-0.3, -0.25) is 4.79 Å². The minimum Gasteiger partial charge on any atom is -0.477 e. The molecule has 5 nitrogen and oxygen atoms in total. The number of aryl methyl sites for hydroxylation is 1. The molecule has 0 spiro atoms. The SMILES string of the molecule is Cc1ccsc1C=CC(=O)Nc1ccnc(C(=O)O)c1. The normalized spacial score (nSPS) is 10.7. The fourth-order valence-electron chi connectivity index (χ4n) is 1.52. The highest BCUT2D eigenvalue weighted by Crippen LogP contribution is 2.17. The zero-order valence-corrected chi connectivity index (χ0v) is 11.5. The van der Waals surface area contributed by atoms with Crippen LogP contribution >= 0.6 is 11.3 Å². The fourth-order valence-corrected chi connectivity index (χ4v) is 2.34.